The van der Waals surface area contributed by atoms with Crippen molar-refractivity contribution in [1.29, 1.82) is 0 Å². The van der Waals surface area contributed by atoms with Gasteiger partial charge in [-0.1, -0.05) is 76.8 Å². The third kappa shape index (κ3) is 13.7. The van der Waals surface area contributed by atoms with E-state index in [0.29, 0.717) is 18.4 Å². The van der Waals surface area contributed by atoms with Crippen molar-refractivity contribution in [2.24, 2.45) is 17.4 Å². The second-order valence-corrected chi connectivity index (χ2v) is 11.3. The predicted octanol–water partition coefficient (Wildman–Crippen LogP) is -0.757. The van der Waals surface area contributed by atoms with Crippen LogP contribution in [-0.4, -0.2) is 94.5 Å². The second-order valence-electron chi connectivity index (χ2n) is 11.3. The molecule has 0 saturated heterocycles. The van der Waals surface area contributed by atoms with Gasteiger partial charge >= 0.3 is 0 Å². The van der Waals surface area contributed by atoms with Crippen molar-refractivity contribution in [3.63, 3.8) is 0 Å². The van der Waals surface area contributed by atoms with Crippen molar-refractivity contribution in [1.82, 2.24) is 20.9 Å². The molecule has 0 radical (unpaired) electrons. The lowest BCUT2D eigenvalue weighted by atomic mass is 9.99. The van der Waals surface area contributed by atoms with E-state index in [1.807, 2.05) is 20.8 Å². The highest BCUT2D eigenvalue weighted by molar-refractivity contribution is 6.04. The molecule has 252 valence electrons. The Hall–Kier alpha value is -3.88. The van der Waals surface area contributed by atoms with Gasteiger partial charge in [0.1, 0.15) is 24.2 Å². The molecule has 1 aromatic carbocycles. The summed E-state index contributed by atoms with van der Waals surface area (Å²) in [4.78, 5) is 79.1. The van der Waals surface area contributed by atoms with Crippen LogP contribution in [0.2, 0.25) is 0 Å². The number of imide groups is 1. The summed E-state index contributed by atoms with van der Waals surface area (Å²) in [6.45, 7) is 3.45. The number of rotatable bonds is 21. The van der Waals surface area contributed by atoms with Gasteiger partial charge in [-0.15, -0.1) is 0 Å². The summed E-state index contributed by atoms with van der Waals surface area (Å²) in [5.74, 6) is -5.19. The number of aliphatic hydroxyl groups excluding tert-OH is 2. The standard InChI is InChI=1S/C31H50N6O8/c1-4-5-6-7-11-14-27(41)37(31(45)24(19-39)36-29(43)23(18-38)34-26(40)17-32)25(16-21-12-9-8-10-13-21)30(44)35-22(28(33)42)15-20(2)3/h8-10,12-13,20,22-25,38-39H,4-7,11,14-19,32H2,1-3H3,(H2,33,42)(H,34,40)(H,35,44)(H,36,43)/t22-,23-,24-,25-/m0/s1. The van der Waals surface area contributed by atoms with Gasteiger partial charge in [0.25, 0.3) is 5.91 Å². The molecular formula is C31H50N6O8. The Morgan fingerprint density at radius 1 is 0.822 bits per heavy atom. The Balaban J connectivity index is 3.54. The van der Waals surface area contributed by atoms with Crippen LogP contribution >= 0.6 is 0 Å². The first kappa shape index (κ1) is 39.1. The van der Waals surface area contributed by atoms with Crippen molar-refractivity contribution in [2.45, 2.75) is 96.3 Å². The monoisotopic (exact) mass is 634 g/mol. The number of nitrogens with one attached hydrogen (secondary N) is 3. The molecule has 0 aromatic heterocycles. The lowest BCUT2D eigenvalue weighted by Gasteiger charge is -2.33. The van der Waals surface area contributed by atoms with Gasteiger partial charge in [0.05, 0.1) is 19.8 Å². The van der Waals surface area contributed by atoms with Gasteiger partial charge in [0, 0.05) is 12.8 Å². The van der Waals surface area contributed by atoms with Crippen LogP contribution in [0.3, 0.4) is 0 Å². The van der Waals surface area contributed by atoms with Crippen molar-refractivity contribution in [3.8, 4) is 0 Å². The normalized spacial score (nSPS) is 13.7. The quantitative estimate of drug-likeness (QED) is 0.0841. The molecule has 4 atom stereocenters. The van der Waals surface area contributed by atoms with Crippen LogP contribution in [0.4, 0.5) is 0 Å². The minimum absolute atomic E-state index is 0.0222. The van der Waals surface area contributed by atoms with E-state index in [1.165, 1.54) is 0 Å². The van der Waals surface area contributed by atoms with Gasteiger partial charge in [-0.05, 0) is 24.3 Å². The molecule has 0 spiro atoms. The fraction of sp³-hybridized carbons (Fsp3) is 0.613. The highest BCUT2D eigenvalue weighted by Crippen LogP contribution is 2.17. The van der Waals surface area contributed by atoms with E-state index in [1.54, 1.807) is 30.3 Å². The fourth-order valence-electron chi connectivity index (χ4n) is 4.65. The fourth-order valence-corrected chi connectivity index (χ4v) is 4.65. The summed E-state index contributed by atoms with van der Waals surface area (Å²) in [6.07, 6.45) is 3.92. The van der Waals surface area contributed by atoms with Crippen LogP contribution in [0.15, 0.2) is 30.3 Å². The smallest absolute Gasteiger partial charge is 0.254 e. The Labute approximate surface area is 264 Å². The molecule has 6 amide bonds. The Bertz CT molecular complexity index is 1120. The number of amides is 6. The van der Waals surface area contributed by atoms with Crippen molar-refractivity contribution < 1.29 is 39.0 Å². The summed E-state index contributed by atoms with van der Waals surface area (Å²) in [6, 6.07) is 2.82. The minimum Gasteiger partial charge on any atom is -0.394 e. The molecular weight excluding hydrogens is 584 g/mol. The molecule has 0 aliphatic rings. The van der Waals surface area contributed by atoms with Gasteiger partial charge in [0.15, 0.2) is 0 Å². The molecule has 0 fully saturated rings. The zero-order chi connectivity index (χ0) is 33.9. The third-order valence-electron chi connectivity index (χ3n) is 7.07. The number of hydrogen-bond donors (Lipinski definition) is 7. The van der Waals surface area contributed by atoms with E-state index in [-0.39, 0.29) is 25.2 Å². The largest absolute Gasteiger partial charge is 0.394 e. The lowest BCUT2D eigenvalue weighted by molar-refractivity contribution is -0.155. The van der Waals surface area contributed by atoms with Gasteiger partial charge < -0.3 is 37.6 Å². The zero-order valence-electron chi connectivity index (χ0n) is 26.5. The molecule has 45 heavy (non-hydrogen) atoms. The van der Waals surface area contributed by atoms with Gasteiger partial charge in [-0.25, -0.2) is 0 Å². The van der Waals surface area contributed by atoms with E-state index >= 15 is 0 Å². The Morgan fingerprint density at radius 3 is 1.96 bits per heavy atom. The summed E-state index contributed by atoms with van der Waals surface area (Å²) < 4.78 is 0. The van der Waals surface area contributed by atoms with E-state index in [2.05, 4.69) is 16.0 Å². The number of aliphatic hydroxyl groups is 2. The maximum Gasteiger partial charge on any atom is 0.254 e. The number of primary amides is 1. The summed E-state index contributed by atoms with van der Waals surface area (Å²) >= 11 is 0. The number of carbonyl (C=O) groups excluding carboxylic acids is 6. The first-order valence-corrected chi connectivity index (χ1v) is 15.4. The number of benzene rings is 1. The van der Waals surface area contributed by atoms with Crippen LogP contribution in [0.1, 0.15) is 71.3 Å². The molecule has 1 rings (SSSR count). The molecule has 0 aliphatic carbocycles. The lowest BCUT2D eigenvalue weighted by Crippen LogP contribution is -2.62. The molecule has 14 heteroatoms. The molecule has 9 N–H and O–H groups in total. The van der Waals surface area contributed by atoms with Crippen LogP contribution in [0.25, 0.3) is 0 Å². The van der Waals surface area contributed by atoms with E-state index in [0.717, 1.165) is 24.2 Å². The number of unbranched alkanes of at least 4 members (excludes halogenated alkanes) is 4. The molecule has 1 aromatic rings. The number of carbonyl (C=O) groups is 6. The molecule has 0 saturated carbocycles. The van der Waals surface area contributed by atoms with Crippen molar-refractivity contribution in [3.05, 3.63) is 35.9 Å². The SMILES string of the molecule is CCCCCCCC(=O)N(C(=O)[C@H](CO)NC(=O)[C@H](CO)NC(=O)CN)[C@@H](Cc1ccccc1)C(=O)N[C@@H](CC(C)C)C(N)=O. The molecule has 0 aliphatic heterocycles. The highest BCUT2D eigenvalue weighted by Gasteiger charge is 2.40. The number of nitrogens with zero attached hydrogens (tertiary/aromatic N) is 1. The average Bonchev–Trinajstić information content (AvgIpc) is 3.01. The highest BCUT2D eigenvalue weighted by atomic mass is 16.3. The average molecular weight is 635 g/mol. The first-order valence-electron chi connectivity index (χ1n) is 15.4. The summed E-state index contributed by atoms with van der Waals surface area (Å²) in [5.41, 5.74) is 11.4. The van der Waals surface area contributed by atoms with Crippen LogP contribution < -0.4 is 27.4 Å². The second kappa shape index (κ2) is 21.0. The van der Waals surface area contributed by atoms with Crippen molar-refractivity contribution in [2.75, 3.05) is 19.8 Å². The van der Waals surface area contributed by atoms with E-state index in [4.69, 9.17) is 11.5 Å². The zero-order valence-corrected chi connectivity index (χ0v) is 26.5. The van der Waals surface area contributed by atoms with E-state index in [9.17, 15) is 39.0 Å². The number of hydrogen-bond acceptors (Lipinski definition) is 9. The summed E-state index contributed by atoms with van der Waals surface area (Å²) in [7, 11) is 0. The first-order chi connectivity index (χ1) is 21.4. The topological polar surface area (TPSA) is 234 Å². The maximum atomic E-state index is 14.0. The number of nitrogens with two attached hydrogens (primary N) is 2. The van der Waals surface area contributed by atoms with Gasteiger partial charge in [-0.3, -0.25) is 33.7 Å². The summed E-state index contributed by atoms with van der Waals surface area (Å²) in [5, 5.41) is 26.8. The third-order valence-corrected chi connectivity index (χ3v) is 7.07. The molecule has 0 bridgehead atoms. The van der Waals surface area contributed by atoms with Crippen molar-refractivity contribution >= 4 is 35.4 Å². The molecule has 0 heterocycles. The molecule has 0 unspecified atom stereocenters. The van der Waals surface area contributed by atoms with E-state index < -0.39 is 79.4 Å². The Kier molecular flexibility index (Phi) is 18.2. The Morgan fingerprint density at radius 2 is 1.42 bits per heavy atom. The van der Waals surface area contributed by atoms with Crippen LogP contribution in [0, 0.1) is 5.92 Å². The van der Waals surface area contributed by atoms with Gasteiger partial charge in [-0.2, -0.15) is 0 Å². The predicted molar refractivity (Wildman–Crippen MR) is 167 cm³/mol. The molecule has 14 nitrogen and oxygen atoms in total. The minimum atomic E-state index is -1.72. The van der Waals surface area contributed by atoms with Crippen LogP contribution in [-0.2, 0) is 35.2 Å². The maximum absolute atomic E-state index is 14.0. The van der Waals surface area contributed by atoms with Crippen LogP contribution in [0.5, 0.6) is 0 Å². The van der Waals surface area contributed by atoms with Gasteiger partial charge in [0.2, 0.25) is 29.5 Å².